The smallest absolute Gasteiger partial charge is 0.270 e. The SMILES string of the molecule is COc1cc(C(NC(=O)c2cccc([N+](=O)[O-])c2)NC(=O)c2cccc([N+](=O)[O-])c2)ccc1OCC(C)C. The van der Waals surface area contributed by atoms with Gasteiger partial charge >= 0.3 is 0 Å². The van der Waals surface area contributed by atoms with Crippen LogP contribution < -0.4 is 20.1 Å². The zero-order valence-electron chi connectivity index (χ0n) is 20.9. The molecule has 3 rings (SSSR count). The number of carbonyl (C=O) groups is 2. The molecule has 198 valence electrons. The molecule has 0 heterocycles. The Morgan fingerprint density at radius 3 is 1.79 bits per heavy atom. The Morgan fingerprint density at radius 1 is 0.816 bits per heavy atom. The average molecular weight is 523 g/mol. The molecule has 0 aromatic heterocycles. The van der Waals surface area contributed by atoms with E-state index in [0.717, 1.165) is 12.1 Å². The molecule has 0 bridgehead atoms. The minimum Gasteiger partial charge on any atom is -0.493 e. The molecule has 12 nitrogen and oxygen atoms in total. The molecule has 3 aromatic carbocycles. The van der Waals surface area contributed by atoms with Crippen LogP contribution in [0.25, 0.3) is 0 Å². The van der Waals surface area contributed by atoms with Crippen LogP contribution in [0.4, 0.5) is 11.4 Å². The van der Waals surface area contributed by atoms with E-state index in [1.54, 1.807) is 18.2 Å². The number of nitrogens with one attached hydrogen (secondary N) is 2. The lowest BCUT2D eigenvalue weighted by Crippen LogP contribution is -2.41. The van der Waals surface area contributed by atoms with Crippen LogP contribution in [0.3, 0.4) is 0 Å². The summed E-state index contributed by atoms with van der Waals surface area (Å²) in [7, 11) is 1.44. The lowest BCUT2D eigenvalue weighted by atomic mass is 10.1. The van der Waals surface area contributed by atoms with Gasteiger partial charge in [-0.25, -0.2) is 0 Å². The van der Waals surface area contributed by atoms with Gasteiger partial charge in [0.2, 0.25) is 0 Å². The second-order valence-corrected chi connectivity index (χ2v) is 8.61. The first-order valence-corrected chi connectivity index (χ1v) is 11.5. The van der Waals surface area contributed by atoms with Crippen LogP contribution in [0, 0.1) is 26.1 Å². The van der Waals surface area contributed by atoms with Gasteiger partial charge in [-0.2, -0.15) is 0 Å². The first-order chi connectivity index (χ1) is 18.1. The fourth-order valence-electron chi connectivity index (χ4n) is 3.39. The third-order valence-electron chi connectivity index (χ3n) is 5.28. The first-order valence-electron chi connectivity index (χ1n) is 11.5. The Morgan fingerprint density at radius 2 is 1.34 bits per heavy atom. The molecule has 3 aromatic rings. The lowest BCUT2D eigenvalue weighted by molar-refractivity contribution is -0.385. The van der Waals surface area contributed by atoms with Crippen LogP contribution in [0.2, 0.25) is 0 Å². The molecule has 0 spiro atoms. The fraction of sp³-hybridized carbons (Fsp3) is 0.231. The highest BCUT2D eigenvalue weighted by Crippen LogP contribution is 2.30. The van der Waals surface area contributed by atoms with E-state index in [1.807, 2.05) is 13.8 Å². The van der Waals surface area contributed by atoms with Crippen molar-refractivity contribution in [2.75, 3.05) is 13.7 Å². The van der Waals surface area contributed by atoms with Crippen molar-refractivity contribution in [3.05, 3.63) is 104 Å². The number of rotatable bonds is 11. The maximum atomic E-state index is 13.0. The molecule has 0 aliphatic heterocycles. The largest absolute Gasteiger partial charge is 0.493 e. The van der Waals surface area contributed by atoms with Crippen LogP contribution in [0.1, 0.15) is 46.3 Å². The van der Waals surface area contributed by atoms with Gasteiger partial charge in [0.25, 0.3) is 23.2 Å². The summed E-state index contributed by atoms with van der Waals surface area (Å²) >= 11 is 0. The van der Waals surface area contributed by atoms with E-state index in [4.69, 9.17) is 9.47 Å². The highest BCUT2D eigenvalue weighted by atomic mass is 16.6. The fourth-order valence-corrected chi connectivity index (χ4v) is 3.39. The van der Waals surface area contributed by atoms with E-state index >= 15 is 0 Å². The van der Waals surface area contributed by atoms with Crippen LogP contribution >= 0.6 is 0 Å². The lowest BCUT2D eigenvalue weighted by Gasteiger charge is -2.22. The zero-order valence-corrected chi connectivity index (χ0v) is 20.9. The van der Waals surface area contributed by atoms with Gasteiger partial charge in [-0.05, 0) is 35.7 Å². The molecule has 0 aliphatic carbocycles. The second-order valence-electron chi connectivity index (χ2n) is 8.61. The van der Waals surface area contributed by atoms with Crippen molar-refractivity contribution in [1.29, 1.82) is 0 Å². The summed E-state index contributed by atoms with van der Waals surface area (Å²) in [6, 6.07) is 15.1. The molecule has 0 unspecified atom stereocenters. The third kappa shape index (κ3) is 7.03. The topological polar surface area (TPSA) is 163 Å². The summed E-state index contributed by atoms with van der Waals surface area (Å²) in [5.41, 5.74) is -0.155. The van der Waals surface area contributed by atoms with E-state index in [9.17, 15) is 29.8 Å². The molecule has 0 radical (unpaired) electrons. The van der Waals surface area contributed by atoms with Crippen molar-refractivity contribution in [3.8, 4) is 11.5 Å². The van der Waals surface area contributed by atoms with Crippen LogP contribution in [0.5, 0.6) is 11.5 Å². The number of nitrogens with zero attached hydrogens (tertiary/aromatic N) is 2. The van der Waals surface area contributed by atoms with Crippen molar-refractivity contribution >= 4 is 23.2 Å². The summed E-state index contributed by atoms with van der Waals surface area (Å²) in [5, 5.41) is 27.6. The molecule has 0 saturated heterocycles. The van der Waals surface area contributed by atoms with Crippen molar-refractivity contribution in [2.45, 2.75) is 20.0 Å². The van der Waals surface area contributed by atoms with E-state index in [1.165, 1.54) is 43.5 Å². The van der Waals surface area contributed by atoms with Crippen molar-refractivity contribution < 1.29 is 28.9 Å². The summed E-state index contributed by atoms with van der Waals surface area (Å²) in [5.74, 6) is -0.328. The molecule has 0 atom stereocenters. The predicted molar refractivity (Wildman–Crippen MR) is 137 cm³/mol. The van der Waals surface area contributed by atoms with Crippen molar-refractivity contribution in [2.24, 2.45) is 5.92 Å². The highest BCUT2D eigenvalue weighted by Gasteiger charge is 2.22. The molecule has 0 aliphatic rings. The summed E-state index contributed by atoms with van der Waals surface area (Å²) in [6.07, 6.45) is -1.14. The Balaban J connectivity index is 1.95. The van der Waals surface area contributed by atoms with Crippen LogP contribution in [-0.2, 0) is 0 Å². The quantitative estimate of drug-likeness (QED) is 0.212. The molecule has 38 heavy (non-hydrogen) atoms. The molecule has 0 saturated carbocycles. The van der Waals surface area contributed by atoms with Gasteiger partial charge in [0, 0.05) is 35.4 Å². The highest BCUT2D eigenvalue weighted by molar-refractivity contribution is 5.97. The molecule has 0 fully saturated rings. The molecular formula is C26H26N4O8. The van der Waals surface area contributed by atoms with Crippen LogP contribution in [0.15, 0.2) is 66.7 Å². The average Bonchev–Trinajstić information content (AvgIpc) is 2.91. The number of non-ortho nitro benzene ring substituents is 2. The number of benzene rings is 3. The maximum Gasteiger partial charge on any atom is 0.270 e. The number of nitro benzene ring substituents is 2. The van der Waals surface area contributed by atoms with Crippen molar-refractivity contribution in [3.63, 3.8) is 0 Å². The number of methoxy groups -OCH3 is 1. The number of ether oxygens (including phenoxy) is 2. The number of amides is 2. The van der Waals surface area contributed by atoms with Gasteiger partial charge < -0.3 is 20.1 Å². The Hall–Kier alpha value is -5.00. The third-order valence-corrected chi connectivity index (χ3v) is 5.28. The normalized spacial score (nSPS) is 10.7. The molecular weight excluding hydrogens is 496 g/mol. The Kier molecular flexibility index (Phi) is 8.93. The van der Waals surface area contributed by atoms with E-state index in [0.29, 0.717) is 23.7 Å². The van der Waals surface area contributed by atoms with Gasteiger partial charge in [0.1, 0.15) is 6.17 Å². The standard InChI is InChI=1S/C26H26N4O8/c1-16(2)15-38-22-11-10-17(14-23(22)37-3)24(27-25(31)18-6-4-8-20(12-18)29(33)34)28-26(32)19-7-5-9-21(13-19)30(35)36/h4-14,16,24H,15H2,1-3H3,(H,27,31)(H,28,32). The first kappa shape index (κ1) is 27.6. The number of nitro groups is 2. The van der Waals surface area contributed by atoms with Gasteiger partial charge in [0.05, 0.1) is 23.6 Å². The van der Waals surface area contributed by atoms with Gasteiger partial charge in [-0.15, -0.1) is 0 Å². The molecule has 2 amide bonds. The molecule has 12 heteroatoms. The second kappa shape index (κ2) is 12.3. The minimum atomic E-state index is -1.14. The van der Waals surface area contributed by atoms with Gasteiger partial charge in [-0.1, -0.05) is 32.0 Å². The Labute approximate surface area is 217 Å². The van der Waals surface area contributed by atoms with E-state index in [-0.39, 0.29) is 28.4 Å². The number of carbonyl (C=O) groups excluding carboxylic acids is 2. The zero-order chi connectivity index (χ0) is 27.8. The van der Waals surface area contributed by atoms with Gasteiger partial charge in [0.15, 0.2) is 11.5 Å². The monoisotopic (exact) mass is 522 g/mol. The van der Waals surface area contributed by atoms with E-state index < -0.39 is 27.8 Å². The maximum absolute atomic E-state index is 13.0. The molecule has 2 N–H and O–H groups in total. The minimum absolute atomic E-state index is 0.00218. The number of hydrogen-bond acceptors (Lipinski definition) is 8. The number of hydrogen-bond donors (Lipinski definition) is 2. The summed E-state index contributed by atoms with van der Waals surface area (Å²) < 4.78 is 11.2. The van der Waals surface area contributed by atoms with E-state index in [2.05, 4.69) is 10.6 Å². The summed E-state index contributed by atoms with van der Waals surface area (Å²) in [4.78, 5) is 47.1. The van der Waals surface area contributed by atoms with Crippen LogP contribution in [-0.4, -0.2) is 35.4 Å². The summed E-state index contributed by atoms with van der Waals surface area (Å²) in [6.45, 7) is 4.42. The van der Waals surface area contributed by atoms with Crippen molar-refractivity contribution in [1.82, 2.24) is 10.6 Å². The van der Waals surface area contributed by atoms with Gasteiger partial charge in [-0.3, -0.25) is 29.8 Å². The Bertz CT molecular complexity index is 1290. The predicted octanol–water partition coefficient (Wildman–Crippen LogP) is 4.41.